The van der Waals surface area contributed by atoms with Gasteiger partial charge in [-0.15, -0.1) is 0 Å². The molecule has 0 bridgehead atoms. The lowest BCUT2D eigenvalue weighted by atomic mass is 9.90. The lowest BCUT2D eigenvalue weighted by molar-refractivity contribution is 0.626. The summed E-state index contributed by atoms with van der Waals surface area (Å²) < 4.78 is 15.7. The molecule has 0 saturated heterocycles. The fourth-order valence-corrected chi connectivity index (χ4v) is 4.03. The van der Waals surface area contributed by atoms with Gasteiger partial charge in [-0.1, -0.05) is 84.9 Å². The number of rotatable bonds is 5. The first-order chi connectivity index (χ1) is 14.8. The molecule has 3 heteroatoms. The van der Waals surface area contributed by atoms with Gasteiger partial charge >= 0.3 is 0 Å². The van der Waals surface area contributed by atoms with Crippen molar-refractivity contribution >= 4 is 11.0 Å². The second-order valence-electron chi connectivity index (χ2n) is 7.43. The second-order valence-corrected chi connectivity index (χ2v) is 7.43. The highest BCUT2D eigenvalue weighted by Crippen LogP contribution is 2.33. The maximum absolute atomic E-state index is 13.4. The Bertz CT molecular complexity index is 1220. The number of benzene rings is 4. The maximum Gasteiger partial charge on any atom is 0.123 e. The van der Waals surface area contributed by atoms with Crippen LogP contribution in [0.5, 0.6) is 0 Å². The Morgan fingerprint density at radius 1 is 0.667 bits per heavy atom. The number of para-hydroxylation sites is 2. The number of halogens is 1. The summed E-state index contributed by atoms with van der Waals surface area (Å²) in [6.45, 7) is 0.631. The van der Waals surface area contributed by atoms with Crippen LogP contribution in [0.25, 0.3) is 11.0 Å². The van der Waals surface area contributed by atoms with Gasteiger partial charge in [-0.3, -0.25) is 0 Å². The van der Waals surface area contributed by atoms with Gasteiger partial charge in [0.15, 0.2) is 0 Å². The van der Waals surface area contributed by atoms with Crippen molar-refractivity contribution in [2.45, 2.75) is 12.5 Å². The Balaban J connectivity index is 1.72. The zero-order valence-corrected chi connectivity index (χ0v) is 16.4. The Morgan fingerprint density at radius 3 is 1.87 bits per heavy atom. The van der Waals surface area contributed by atoms with Crippen molar-refractivity contribution in [1.82, 2.24) is 9.55 Å². The van der Waals surface area contributed by atoms with E-state index < -0.39 is 0 Å². The van der Waals surface area contributed by atoms with E-state index in [0.717, 1.165) is 22.4 Å². The third-order valence-corrected chi connectivity index (χ3v) is 5.46. The molecule has 0 radical (unpaired) electrons. The van der Waals surface area contributed by atoms with Crippen LogP contribution < -0.4 is 0 Å². The molecule has 0 aliphatic rings. The van der Waals surface area contributed by atoms with E-state index >= 15 is 0 Å². The minimum absolute atomic E-state index is 0.000230. The number of nitrogens with zero attached hydrogens (tertiary/aromatic N) is 2. The van der Waals surface area contributed by atoms with Gasteiger partial charge in [0, 0.05) is 6.54 Å². The van der Waals surface area contributed by atoms with Crippen molar-refractivity contribution in [1.29, 1.82) is 0 Å². The molecule has 0 amide bonds. The van der Waals surface area contributed by atoms with Crippen LogP contribution in [0.4, 0.5) is 4.39 Å². The molecule has 146 valence electrons. The van der Waals surface area contributed by atoms with Crippen molar-refractivity contribution in [2.75, 3.05) is 0 Å². The molecule has 0 spiro atoms. The fraction of sp³-hybridized carbons (Fsp3) is 0.0741. The van der Waals surface area contributed by atoms with Gasteiger partial charge in [0.2, 0.25) is 0 Å². The number of imidazole rings is 1. The highest BCUT2D eigenvalue weighted by Gasteiger charge is 2.23. The van der Waals surface area contributed by atoms with E-state index in [1.807, 2.05) is 42.5 Å². The topological polar surface area (TPSA) is 17.8 Å². The molecule has 0 aliphatic carbocycles. The van der Waals surface area contributed by atoms with E-state index in [0.29, 0.717) is 6.54 Å². The van der Waals surface area contributed by atoms with Gasteiger partial charge in [0.1, 0.15) is 11.6 Å². The Labute approximate surface area is 175 Å². The predicted molar refractivity (Wildman–Crippen MR) is 119 cm³/mol. The van der Waals surface area contributed by atoms with Gasteiger partial charge < -0.3 is 4.57 Å². The first-order valence-electron chi connectivity index (χ1n) is 10.1. The summed E-state index contributed by atoms with van der Waals surface area (Å²) in [5, 5.41) is 0. The molecule has 1 heterocycles. The molecule has 0 saturated carbocycles. The molecule has 4 aromatic carbocycles. The molecule has 0 unspecified atom stereocenters. The first kappa shape index (κ1) is 18.3. The van der Waals surface area contributed by atoms with Crippen molar-refractivity contribution in [3.63, 3.8) is 0 Å². The first-order valence-corrected chi connectivity index (χ1v) is 10.1. The number of hydrogen-bond acceptors (Lipinski definition) is 1. The summed E-state index contributed by atoms with van der Waals surface area (Å²) in [6.07, 6.45) is 0. The smallest absolute Gasteiger partial charge is 0.123 e. The van der Waals surface area contributed by atoms with E-state index in [1.165, 1.54) is 23.3 Å². The van der Waals surface area contributed by atoms with Crippen LogP contribution in [0.2, 0.25) is 0 Å². The highest BCUT2D eigenvalue weighted by molar-refractivity contribution is 5.76. The molecule has 0 aliphatic heterocycles. The molecule has 0 atom stereocenters. The molecule has 2 nitrogen and oxygen atoms in total. The molecule has 5 aromatic rings. The summed E-state index contributed by atoms with van der Waals surface area (Å²) in [7, 11) is 0. The normalized spacial score (nSPS) is 11.3. The largest absolute Gasteiger partial charge is 0.323 e. The summed E-state index contributed by atoms with van der Waals surface area (Å²) in [5.41, 5.74) is 5.47. The fourth-order valence-electron chi connectivity index (χ4n) is 4.03. The highest BCUT2D eigenvalue weighted by atomic mass is 19.1. The third-order valence-electron chi connectivity index (χ3n) is 5.46. The Kier molecular flexibility index (Phi) is 4.86. The molecule has 30 heavy (non-hydrogen) atoms. The number of hydrogen-bond donors (Lipinski definition) is 0. The number of fused-ring (bicyclic) bond motifs is 1. The summed E-state index contributed by atoms with van der Waals surface area (Å²) in [5.74, 6) is 0.763. The summed E-state index contributed by atoms with van der Waals surface area (Å²) in [6, 6.07) is 35.9. The quantitative estimate of drug-likeness (QED) is 0.338. The third kappa shape index (κ3) is 3.50. The molecule has 0 N–H and O–H groups in total. The summed E-state index contributed by atoms with van der Waals surface area (Å²) in [4.78, 5) is 5.07. The molecular weight excluding hydrogens is 371 g/mol. The molecular formula is C27H21FN2. The van der Waals surface area contributed by atoms with Crippen molar-refractivity contribution in [3.05, 3.63) is 138 Å². The van der Waals surface area contributed by atoms with Crippen LogP contribution in [0.3, 0.4) is 0 Å². The minimum atomic E-state index is -0.221. The minimum Gasteiger partial charge on any atom is -0.323 e. The van der Waals surface area contributed by atoms with E-state index in [-0.39, 0.29) is 11.7 Å². The standard InChI is InChI=1S/C27H21FN2/c28-23-17-15-20(16-18-23)19-30-25-14-8-7-13-24(25)29-27(30)26(21-9-3-1-4-10-21)22-11-5-2-6-12-22/h1-18,26H,19H2. The summed E-state index contributed by atoms with van der Waals surface area (Å²) >= 11 is 0. The number of aromatic nitrogens is 2. The van der Waals surface area contributed by atoms with Crippen LogP contribution in [-0.4, -0.2) is 9.55 Å². The van der Waals surface area contributed by atoms with E-state index in [9.17, 15) is 4.39 Å². The van der Waals surface area contributed by atoms with E-state index in [2.05, 4.69) is 59.2 Å². The van der Waals surface area contributed by atoms with Crippen LogP contribution in [0, 0.1) is 5.82 Å². The Morgan fingerprint density at radius 2 is 1.23 bits per heavy atom. The second kappa shape index (κ2) is 7.96. The van der Waals surface area contributed by atoms with Crippen LogP contribution >= 0.6 is 0 Å². The zero-order chi connectivity index (χ0) is 20.3. The Hall–Kier alpha value is -3.72. The predicted octanol–water partition coefficient (Wildman–Crippen LogP) is 6.40. The lowest BCUT2D eigenvalue weighted by Crippen LogP contribution is -2.13. The molecule has 1 aromatic heterocycles. The van der Waals surface area contributed by atoms with Crippen LogP contribution in [0.15, 0.2) is 109 Å². The maximum atomic E-state index is 13.4. The van der Waals surface area contributed by atoms with Crippen molar-refractivity contribution in [3.8, 4) is 0 Å². The van der Waals surface area contributed by atoms with Gasteiger partial charge in [0.05, 0.1) is 17.0 Å². The monoisotopic (exact) mass is 392 g/mol. The van der Waals surface area contributed by atoms with Crippen molar-refractivity contribution < 1.29 is 4.39 Å². The zero-order valence-electron chi connectivity index (χ0n) is 16.4. The van der Waals surface area contributed by atoms with Gasteiger partial charge in [-0.2, -0.15) is 0 Å². The molecule has 0 fully saturated rings. The lowest BCUT2D eigenvalue weighted by Gasteiger charge is -2.20. The van der Waals surface area contributed by atoms with Crippen LogP contribution in [-0.2, 0) is 6.54 Å². The SMILES string of the molecule is Fc1ccc(Cn2c(C(c3ccccc3)c3ccccc3)nc3ccccc32)cc1. The van der Waals surface area contributed by atoms with Crippen LogP contribution in [0.1, 0.15) is 28.4 Å². The van der Waals surface area contributed by atoms with Gasteiger partial charge in [0.25, 0.3) is 0 Å². The van der Waals surface area contributed by atoms with Gasteiger partial charge in [-0.25, -0.2) is 9.37 Å². The van der Waals surface area contributed by atoms with Crippen molar-refractivity contribution in [2.24, 2.45) is 0 Å². The van der Waals surface area contributed by atoms with Gasteiger partial charge in [-0.05, 0) is 41.0 Å². The average Bonchev–Trinajstić information content (AvgIpc) is 3.15. The average molecular weight is 392 g/mol. The van der Waals surface area contributed by atoms with E-state index in [1.54, 1.807) is 0 Å². The molecule has 5 rings (SSSR count). The van der Waals surface area contributed by atoms with E-state index in [4.69, 9.17) is 4.98 Å².